The number of likely N-dealkylation sites (N-methyl/N-ethyl adjacent to an activating group) is 1. The largest absolute Gasteiger partial charge is 0.409 e. The number of carbonyl (C=O) groups excluding carboxylic acids is 1. The number of benzene rings is 1. The van der Waals surface area contributed by atoms with Crippen LogP contribution in [-0.2, 0) is 0 Å². The number of hydrogen-bond donors (Lipinski definition) is 3. The number of oxime groups is 1. The zero-order chi connectivity index (χ0) is 15.1. The Morgan fingerprint density at radius 1 is 1.35 bits per heavy atom. The molecule has 0 saturated heterocycles. The number of amidine groups is 1. The summed E-state index contributed by atoms with van der Waals surface area (Å²) in [5, 5.41) is 14.3. The summed E-state index contributed by atoms with van der Waals surface area (Å²) in [6.45, 7) is 5.60. The fraction of sp³-hybridized carbons (Fsp3) is 0.429. The van der Waals surface area contributed by atoms with Gasteiger partial charge in [0.15, 0.2) is 5.84 Å². The van der Waals surface area contributed by atoms with E-state index in [1.54, 1.807) is 24.3 Å². The highest BCUT2D eigenvalue weighted by Gasteiger charge is 2.07. The van der Waals surface area contributed by atoms with Crippen molar-refractivity contribution in [3.63, 3.8) is 0 Å². The van der Waals surface area contributed by atoms with Crippen molar-refractivity contribution in [1.29, 1.82) is 0 Å². The van der Waals surface area contributed by atoms with Crippen LogP contribution in [0.15, 0.2) is 29.4 Å². The van der Waals surface area contributed by atoms with Gasteiger partial charge in [-0.25, -0.2) is 0 Å². The van der Waals surface area contributed by atoms with Crippen LogP contribution in [0.2, 0.25) is 0 Å². The van der Waals surface area contributed by atoms with E-state index in [-0.39, 0.29) is 11.7 Å². The third kappa shape index (κ3) is 4.55. The topological polar surface area (TPSA) is 91.0 Å². The Balaban J connectivity index is 2.52. The monoisotopic (exact) mass is 278 g/mol. The highest BCUT2D eigenvalue weighted by atomic mass is 16.4. The molecule has 1 aromatic rings. The van der Waals surface area contributed by atoms with Gasteiger partial charge in [0.1, 0.15) is 0 Å². The molecule has 0 spiro atoms. The number of amides is 1. The van der Waals surface area contributed by atoms with Gasteiger partial charge in [0.05, 0.1) is 0 Å². The zero-order valence-electron chi connectivity index (χ0n) is 12.1. The summed E-state index contributed by atoms with van der Waals surface area (Å²) in [6, 6.07) is 7.03. The molecule has 0 aliphatic heterocycles. The smallest absolute Gasteiger partial charge is 0.251 e. The molecule has 0 radical (unpaired) electrons. The predicted octanol–water partition coefficient (Wildman–Crippen LogP) is 0.851. The Hall–Kier alpha value is -2.08. The average Bonchev–Trinajstić information content (AvgIpc) is 2.46. The van der Waals surface area contributed by atoms with Gasteiger partial charge in [-0.2, -0.15) is 0 Å². The van der Waals surface area contributed by atoms with Crippen LogP contribution in [0.25, 0.3) is 0 Å². The van der Waals surface area contributed by atoms with Crippen LogP contribution < -0.4 is 11.1 Å². The second kappa shape index (κ2) is 7.49. The van der Waals surface area contributed by atoms with E-state index in [1.165, 1.54) is 0 Å². The van der Waals surface area contributed by atoms with Gasteiger partial charge in [0, 0.05) is 30.3 Å². The van der Waals surface area contributed by atoms with Crippen LogP contribution in [0.4, 0.5) is 0 Å². The normalized spacial score (nSPS) is 11.9. The van der Waals surface area contributed by atoms with E-state index >= 15 is 0 Å². The molecular formula is C14H22N4O2. The van der Waals surface area contributed by atoms with Gasteiger partial charge >= 0.3 is 0 Å². The molecule has 0 heterocycles. The third-order valence-corrected chi connectivity index (χ3v) is 3.18. The molecule has 4 N–H and O–H groups in total. The lowest BCUT2D eigenvalue weighted by atomic mass is 10.1. The molecule has 6 nitrogen and oxygen atoms in total. The van der Waals surface area contributed by atoms with Gasteiger partial charge in [0.25, 0.3) is 5.91 Å². The number of nitrogens with two attached hydrogens (primary N) is 1. The van der Waals surface area contributed by atoms with Crippen molar-refractivity contribution < 1.29 is 10.0 Å². The van der Waals surface area contributed by atoms with Gasteiger partial charge in [0.2, 0.25) is 0 Å². The SMILES string of the molecule is CC(C)N(C)CCNC(=O)c1ccc(C(N)=NO)cc1. The number of nitrogens with one attached hydrogen (secondary N) is 1. The first-order chi connectivity index (χ1) is 9.45. The molecule has 20 heavy (non-hydrogen) atoms. The van der Waals surface area contributed by atoms with Crippen molar-refractivity contribution in [2.45, 2.75) is 19.9 Å². The van der Waals surface area contributed by atoms with E-state index in [0.29, 0.717) is 23.7 Å². The molecule has 1 aromatic carbocycles. The molecule has 0 saturated carbocycles. The highest BCUT2D eigenvalue weighted by molar-refractivity contribution is 5.99. The Labute approximate surface area is 119 Å². The minimum Gasteiger partial charge on any atom is -0.409 e. The first kappa shape index (κ1) is 16.0. The van der Waals surface area contributed by atoms with E-state index in [1.807, 2.05) is 7.05 Å². The molecule has 0 atom stereocenters. The molecule has 1 amide bonds. The van der Waals surface area contributed by atoms with Gasteiger partial charge < -0.3 is 21.2 Å². The third-order valence-electron chi connectivity index (χ3n) is 3.18. The van der Waals surface area contributed by atoms with Crippen molar-refractivity contribution in [2.75, 3.05) is 20.1 Å². The molecule has 0 fully saturated rings. The Kier molecular flexibility index (Phi) is 5.99. The summed E-state index contributed by atoms with van der Waals surface area (Å²) in [4.78, 5) is 14.1. The van der Waals surface area contributed by atoms with E-state index < -0.39 is 0 Å². The first-order valence-electron chi connectivity index (χ1n) is 6.52. The number of carbonyl (C=O) groups is 1. The summed E-state index contributed by atoms with van der Waals surface area (Å²) in [5.74, 6) is -0.108. The lowest BCUT2D eigenvalue weighted by molar-refractivity contribution is 0.0948. The maximum Gasteiger partial charge on any atom is 0.251 e. The Morgan fingerprint density at radius 3 is 2.40 bits per heavy atom. The van der Waals surface area contributed by atoms with Crippen molar-refractivity contribution >= 4 is 11.7 Å². The lowest BCUT2D eigenvalue weighted by Crippen LogP contribution is -2.36. The fourth-order valence-corrected chi connectivity index (χ4v) is 1.56. The standard InChI is InChI=1S/C14H22N4O2/c1-10(2)18(3)9-8-16-14(19)12-6-4-11(5-7-12)13(15)17-20/h4-7,10,20H,8-9H2,1-3H3,(H2,15,17)(H,16,19). The average molecular weight is 278 g/mol. The molecule has 0 aliphatic carbocycles. The maximum absolute atomic E-state index is 11.9. The minimum atomic E-state index is -0.131. The van der Waals surface area contributed by atoms with Crippen LogP contribution in [0.5, 0.6) is 0 Å². The summed E-state index contributed by atoms with van der Waals surface area (Å²) < 4.78 is 0. The van der Waals surface area contributed by atoms with Gasteiger partial charge in [-0.1, -0.05) is 17.3 Å². The van der Waals surface area contributed by atoms with Gasteiger partial charge in [-0.15, -0.1) is 0 Å². The van der Waals surface area contributed by atoms with Crippen molar-refractivity contribution in [3.8, 4) is 0 Å². The number of nitrogens with zero attached hydrogens (tertiary/aromatic N) is 2. The van der Waals surface area contributed by atoms with Crippen molar-refractivity contribution in [1.82, 2.24) is 10.2 Å². The molecule has 0 unspecified atom stereocenters. The highest BCUT2D eigenvalue weighted by Crippen LogP contribution is 2.04. The molecule has 0 bridgehead atoms. The first-order valence-corrected chi connectivity index (χ1v) is 6.52. The molecule has 6 heteroatoms. The summed E-state index contributed by atoms with van der Waals surface area (Å²) in [6.07, 6.45) is 0. The lowest BCUT2D eigenvalue weighted by Gasteiger charge is -2.20. The number of hydrogen-bond acceptors (Lipinski definition) is 4. The van der Waals surface area contributed by atoms with E-state index in [0.717, 1.165) is 6.54 Å². The Bertz CT molecular complexity index is 469. The minimum absolute atomic E-state index is 0.0236. The zero-order valence-corrected chi connectivity index (χ0v) is 12.1. The molecule has 1 rings (SSSR count). The second-order valence-corrected chi connectivity index (χ2v) is 4.89. The number of rotatable bonds is 6. The fourth-order valence-electron chi connectivity index (χ4n) is 1.56. The van der Waals surface area contributed by atoms with Crippen LogP contribution >= 0.6 is 0 Å². The van der Waals surface area contributed by atoms with Crippen molar-refractivity contribution in [2.24, 2.45) is 10.9 Å². The maximum atomic E-state index is 11.9. The van der Waals surface area contributed by atoms with Crippen LogP contribution in [0.1, 0.15) is 29.8 Å². The van der Waals surface area contributed by atoms with Crippen LogP contribution in [0.3, 0.4) is 0 Å². The molecule has 0 aliphatic rings. The van der Waals surface area contributed by atoms with Gasteiger partial charge in [-0.3, -0.25) is 4.79 Å². The Morgan fingerprint density at radius 2 is 1.90 bits per heavy atom. The molecule has 0 aromatic heterocycles. The van der Waals surface area contributed by atoms with E-state index in [9.17, 15) is 4.79 Å². The van der Waals surface area contributed by atoms with E-state index in [4.69, 9.17) is 10.9 Å². The quantitative estimate of drug-likeness (QED) is 0.311. The van der Waals surface area contributed by atoms with Gasteiger partial charge in [-0.05, 0) is 33.0 Å². The second-order valence-electron chi connectivity index (χ2n) is 4.89. The van der Waals surface area contributed by atoms with Crippen molar-refractivity contribution in [3.05, 3.63) is 35.4 Å². The summed E-state index contributed by atoms with van der Waals surface area (Å²) in [7, 11) is 2.02. The predicted molar refractivity (Wildman–Crippen MR) is 79.1 cm³/mol. The van der Waals surface area contributed by atoms with E-state index in [2.05, 4.69) is 29.2 Å². The van der Waals surface area contributed by atoms with Crippen LogP contribution in [0, 0.1) is 0 Å². The molecule has 110 valence electrons. The summed E-state index contributed by atoms with van der Waals surface area (Å²) in [5.41, 5.74) is 6.58. The molecular weight excluding hydrogens is 256 g/mol. The summed E-state index contributed by atoms with van der Waals surface area (Å²) >= 11 is 0. The van der Waals surface area contributed by atoms with Crippen LogP contribution in [-0.4, -0.2) is 48.0 Å².